The van der Waals surface area contributed by atoms with Crippen molar-refractivity contribution in [3.63, 3.8) is 0 Å². The first-order valence-electron chi connectivity index (χ1n) is 9.77. The van der Waals surface area contributed by atoms with Gasteiger partial charge in [-0.2, -0.15) is 5.10 Å². The van der Waals surface area contributed by atoms with Crippen molar-refractivity contribution in [2.45, 2.75) is 36.0 Å². The van der Waals surface area contributed by atoms with Gasteiger partial charge in [0.25, 0.3) is 0 Å². The number of hydrogen-bond donors (Lipinski definition) is 2. The lowest BCUT2D eigenvalue weighted by atomic mass is 9.70. The van der Waals surface area contributed by atoms with Gasteiger partial charge in [0, 0.05) is 16.9 Å². The Labute approximate surface area is 175 Å². The van der Waals surface area contributed by atoms with Crippen LogP contribution < -0.4 is 10.1 Å². The average Bonchev–Trinajstić information content (AvgIpc) is 3.15. The van der Waals surface area contributed by atoms with Gasteiger partial charge < -0.3 is 10.1 Å². The Morgan fingerprint density at radius 3 is 2.66 bits per heavy atom. The van der Waals surface area contributed by atoms with Crippen LogP contribution in [-0.4, -0.2) is 29.5 Å². The lowest BCUT2D eigenvalue weighted by molar-refractivity contribution is -0.115. The van der Waals surface area contributed by atoms with Crippen molar-refractivity contribution in [3.8, 4) is 5.75 Å². The number of ether oxygens (including phenoxy) is 1. The molecule has 1 aromatic heterocycles. The molecule has 29 heavy (non-hydrogen) atoms. The van der Waals surface area contributed by atoms with Gasteiger partial charge in [0.05, 0.1) is 19.2 Å². The number of rotatable bonds is 7. The largest absolute Gasteiger partial charge is 0.497 e. The number of hydrogen-bond acceptors (Lipinski definition) is 4. The first kappa shape index (κ1) is 19.6. The van der Waals surface area contributed by atoms with Gasteiger partial charge in [0.15, 0.2) is 0 Å². The number of anilines is 1. The van der Waals surface area contributed by atoms with Crippen molar-refractivity contribution >= 4 is 23.5 Å². The summed E-state index contributed by atoms with van der Waals surface area (Å²) in [5.41, 5.74) is 3.42. The molecule has 150 valence electrons. The van der Waals surface area contributed by atoms with Gasteiger partial charge in [-0.15, -0.1) is 11.8 Å². The average molecular weight is 408 g/mol. The van der Waals surface area contributed by atoms with E-state index in [4.69, 9.17) is 4.74 Å². The van der Waals surface area contributed by atoms with Crippen LogP contribution in [0.25, 0.3) is 0 Å². The van der Waals surface area contributed by atoms with Crippen LogP contribution in [0.3, 0.4) is 0 Å². The summed E-state index contributed by atoms with van der Waals surface area (Å²) in [4.78, 5) is 13.7. The highest BCUT2D eigenvalue weighted by atomic mass is 32.2. The number of thioether (sulfide) groups is 1. The van der Waals surface area contributed by atoms with E-state index in [1.54, 1.807) is 7.11 Å². The summed E-state index contributed by atoms with van der Waals surface area (Å²) in [5, 5.41) is 10.3. The zero-order chi connectivity index (χ0) is 20.2. The molecule has 0 spiro atoms. The van der Waals surface area contributed by atoms with Gasteiger partial charge in [-0.1, -0.05) is 30.3 Å². The van der Waals surface area contributed by atoms with Crippen LogP contribution in [0, 0.1) is 0 Å². The number of nitrogens with one attached hydrogen (secondary N) is 2. The van der Waals surface area contributed by atoms with Crippen LogP contribution in [-0.2, 0) is 11.2 Å². The summed E-state index contributed by atoms with van der Waals surface area (Å²) in [7, 11) is 1.63. The minimum atomic E-state index is -0.0641. The normalized spacial score (nSPS) is 18.1. The van der Waals surface area contributed by atoms with Crippen LogP contribution in [0.2, 0.25) is 0 Å². The Hall–Kier alpha value is -2.73. The third-order valence-electron chi connectivity index (χ3n) is 5.53. The van der Waals surface area contributed by atoms with Crippen molar-refractivity contribution in [2.75, 3.05) is 18.7 Å². The Kier molecular flexibility index (Phi) is 5.90. The molecule has 0 saturated heterocycles. The third kappa shape index (κ3) is 4.48. The third-order valence-corrected chi connectivity index (χ3v) is 6.34. The molecule has 1 heterocycles. The van der Waals surface area contributed by atoms with E-state index in [0.717, 1.165) is 29.8 Å². The van der Waals surface area contributed by atoms with Gasteiger partial charge in [0.2, 0.25) is 5.91 Å². The first-order valence-corrected chi connectivity index (χ1v) is 11.0. The quantitative estimate of drug-likeness (QED) is 0.542. The second kappa shape index (κ2) is 8.74. The fourth-order valence-corrected chi connectivity index (χ4v) is 4.54. The van der Waals surface area contributed by atoms with Crippen LogP contribution >= 0.6 is 11.8 Å². The molecule has 0 atom stereocenters. The maximum absolute atomic E-state index is 12.3. The second-order valence-electron chi connectivity index (χ2n) is 7.39. The van der Waals surface area contributed by atoms with Gasteiger partial charge in [-0.05, 0) is 54.3 Å². The number of aromatic nitrogens is 2. The second-order valence-corrected chi connectivity index (χ2v) is 8.23. The fraction of sp³-hybridized carbons (Fsp3) is 0.304. The molecule has 0 bridgehead atoms. The number of carbonyl (C=O) groups excluding carboxylic acids is 1. The Morgan fingerprint density at radius 1 is 1.17 bits per heavy atom. The van der Waals surface area contributed by atoms with Crippen LogP contribution in [0.1, 0.15) is 41.5 Å². The van der Waals surface area contributed by atoms with Crippen molar-refractivity contribution in [2.24, 2.45) is 0 Å². The minimum Gasteiger partial charge on any atom is -0.497 e. The van der Waals surface area contributed by atoms with Crippen molar-refractivity contribution in [3.05, 3.63) is 71.4 Å². The Balaban J connectivity index is 1.31. The smallest absolute Gasteiger partial charge is 0.229 e. The molecule has 2 N–H and O–H groups in total. The van der Waals surface area contributed by atoms with E-state index in [1.165, 1.54) is 10.5 Å². The summed E-state index contributed by atoms with van der Waals surface area (Å²) < 4.78 is 5.14. The minimum absolute atomic E-state index is 0.0641. The molecule has 0 radical (unpaired) electrons. The highest BCUT2D eigenvalue weighted by Gasteiger charge is 2.34. The van der Waals surface area contributed by atoms with Crippen LogP contribution in [0.15, 0.2) is 59.5 Å². The molecule has 1 aliphatic rings. The van der Waals surface area contributed by atoms with Crippen molar-refractivity contribution < 1.29 is 9.53 Å². The number of aromatic amines is 1. The summed E-state index contributed by atoms with van der Waals surface area (Å²) in [5.74, 6) is 2.41. The molecule has 1 saturated carbocycles. The topological polar surface area (TPSA) is 67.0 Å². The predicted molar refractivity (Wildman–Crippen MR) is 117 cm³/mol. The lowest BCUT2D eigenvalue weighted by Gasteiger charge is -2.35. The summed E-state index contributed by atoms with van der Waals surface area (Å²) in [6.45, 7) is 0. The van der Waals surface area contributed by atoms with Gasteiger partial charge in [-0.25, -0.2) is 0 Å². The molecule has 2 aromatic carbocycles. The van der Waals surface area contributed by atoms with E-state index >= 15 is 0 Å². The van der Waals surface area contributed by atoms with E-state index in [1.807, 2.05) is 42.1 Å². The standard InChI is InChI=1S/C23H25N3O2S/c1-28-18-9-7-15(8-10-18)11-23(27)24-22-14-20(25-26-22)17-12-16(13-17)19-5-3-4-6-21(19)29-2/h3-10,14,16-17H,11-13H2,1-2H3,(H2,24,25,26,27). The van der Waals surface area contributed by atoms with E-state index in [9.17, 15) is 4.79 Å². The summed E-state index contributed by atoms with van der Waals surface area (Å²) in [6.07, 6.45) is 4.64. The zero-order valence-corrected chi connectivity index (χ0v) is 17.5. The Morgan fingerprint density at radius 2 is 1.93 bits per heavy atom. The summed E-state index contributed by atoms with van der Waals surface area (Å²) in [6, 6.07) is 18.1. The molecule has 1 aliphatic carbocycles. The monoisotopic (exact) mass is 407 g/mol. The molecular formula is C23H25N3O2S. The van der Waals surface area contributed by atoms with Crippen LogP contribution in [0.4, 0.5) is 5.82 Å². The van der Waals surface area contributed by atoms with E-state index in [2.05, 4.69) is 46.0 Å². The maximum atomic E-state index is 12.3. The van der Waals surface area contributed by atoms with E-state index in [0.29, 0.717) is 24.1 Å². The van der Waals surface area contributed by atoms with Crippen molar-refractivity contribution in [1.29, 1.82) is 0 Å². The number of H-pyrrole nitrogens is 1. The number of amides is 1. The lowest BCUT2D eigenvalue weighted by Crippen LogP contribution is -2.21. The molecule has 4 rings (SSSR count). The van der Waals surface area contributed by atoms with E-state index < -0.39 is 0 Å². The molecular weight excluding hydrogens is 382 g/mol. The number of benzene rings is 2. The molecule has 1 amide bonds. The van der Waals surface area contributed by atoms with Gasteiger partial charge in [-0.3, -0.25) is 9.89 Å². The first-order chi connectivity index (χ1) is 14.2. The molecule has 1 fully saturated rings. The van der Waals surface area contributed by atoms with E-state index in [-0.39, 0.29) is 5.91 Å². The molecule has 6 heteroatoms. The molecule has 5 nitrogen and oxygen atoms in total. The fourth-order valence-electron chi connectivity index (χ4n) is 3.85. The number of nitrogens with zero attached hydrogens (tertiary/aromatic N) is 1. The number of methoxy groups -OCH3 is 1. The predicted octanol–water partition coefficient (Wildman–Crippen LogP) is 4.98. The highest BCUT2D eigenvalue weighted by molar-refractivity contribution is 7.98. The Bertz CT molecular complexity index is 978. The van der Waals surface area contributed by atoms with Gasteiger partial charge >= 0.3 is 0 Å². The maximum Gasteiger partial charge on any atom is 0.229 e. The molecule has 0 unspecified atom stereocenters. The van der Waals surface area contributed by atoms with Gasteiger partial charge in [0.1, 0.15) is 11.6 Å². The molecule has 0 aliphatic heterocycles. The summed E-state index contributed by atoms with van der Waals surface area (Å²) >= 11 is 1.81. The van der Waals surface area contributed by atoms with Crippen LogP contribution in [0.5, 0.6) is 5.75 Å². The number of carbonyl (C=O) groups is 1. The zero-order valence-electron chi connectivity index (χ0n) is 16.6. The van der Waals surface area contributed by atoms with Crippen molar-refractivity contribution in [1.82, 2.24) is 10.2 Å². The molecule has 3 aromatic rings. The highest BCUT2D eigenvalue weighted by Crippen LogP contribution is 2.49. The SMILES string of the molecule is COc1ccc(CC(=O)Nc2cc(C3CC(c4ccccc4SC)C3)n[nH]2)cc1.